The first-order valence-electron chi connectivity index (χ1n) is 46.2. The first-order chi connectivity index (χ1) is 69.2. The molecule has 1 unspecified atom stereocenters. The Morgan fingerprint density at radius 3 is 0.903 bits per heavy atom. The van der Waals surface area contributed by atoms with E-state index in [1.54, 1.807) is 62.6 Å². The van der Waals surface area contributed by atoms with Crippen LogP contribution < -0.4 is 95.7 Å². The second-order valence-electron chi connectivity index (χ2n) is 33.7. The summed E-state index contributed by atoms with van der Waals surface area (Å²) in [6.07, 6.45) is 27.4. The number of H-pyrrole nitrogens is 9. The summed E-state index contributed by atoms with van der Waals surface area (Å²) in [4.78, 5) is 48.1. The van der Waals surface area contributed by atoms with Crippen molar-refractivity contribution in [2.75, 3.05) is 225 Å². The lowest BCUT2D eigenvalue weighted by atomic mass is 10.0. The van der Waals surface area contributed by atoms with Gasteiger partial charge < -0.3 is 136 Å². The van der Waals surface area contributed by atoms with E-state index >= 15 is 0 Å². The summed E-state index contributed by atoms with van der Waals surface area (Å²) in [7, 11) is 17.2. The number of anilines is 18. The van der Waals surface area contributed by atoms with Crippen molar-refractivity contribution < 1.29 is 40.1 Å². The van der Waals surface area contributed by atoms with Crippen molar-refractivity contribution in [3.63, 3.8) is 0 Å². The van der Waals surface area contributed by atoms with Gasteiger partial charge in [0.25, 0.3) is 0 Å². The third kappa shape index (κ3) is 37.3. The molecule has 54 nitrogen and oxygen atoms in total. The Morgan fingerprint density at radius 1 is 0.312 bits per heavy atom. The van der Waals surface area contributed by atoms with E-state index in [1.807, 2.05) is 191 Å². The van der Waals surface area contributed by atoms with E-state index in [9.17, 15) is 0 Å². The molecule has 0 aromatic carbocycles. The number of nitrogens with one attached hydrogen (secondary N) is 15. The SMILES string of the molecule is CC1COC=C1CCNc1n[nH]c(N)n1.Cc1cc(CCN(C)c2n[nH]c(N)n2)co1.Cc1cc(CCNc2n[nH]c(N)n2)co1.Cc1cc(CCNc2nc(N(C)C)n[nH]2)co1.Cc1cocc1CCN(C)c1n[nH]c(N)n1.Cc1cocc1CCNc1nc(N(C)C)n[nH]1.Cc1occc1CCN(C)c1n[nH]c(N)n1.Cc1occc1CCNc1n[nH]c(N)n1.Cc1occc1CCNc1nc(N(C)C)n[nH]1. The van der Waals surface area contributed by atoms with E-state index in [0.717, 1.165) is 163 Å². The number of likely N-dealkylation sites (N-methyl/N-ethyl adjacent to an activating group) is 3. The van der Waals surface area contributed by atoms with Crippen LogP contribution in [0.4, 0.5) is 107 Å². The van der Waals surface area contributed by atoms with E-state index in [0.29, 0.717) is 113 Å². The summed E-state index contributed by atoms with van der Waals surface area (Å²) >= 11 is 0. The third-order valence-electron chi connectivity index (χ3n) is 21.3. The number of hydrogen-bond donors (Lipinski definition) is 21. The minimum atomic E-state index is 0.316. The maximum absolute atomic E-state index is 5.46. The van der Waals surface area contributed by atoms with Gasteiger partial charge in [-0.15, -0.1) is 45.9 Å². The molecule has 0 fully saturated rings. The van der Waals surface area contributed by atoms with Gasteiger partial charge in [-0.1, -0.05) is 6.92 Å². The molecule has 1 aliphatic rings. The van der Waals surface area contributed by atoms with Crippen LogP contribution in [0.25, 0.3) is 0 Å². The molecule has 17 aromatic heterocycles. The zero-order valence-corrected chi connectivity index (χ0v) is 84.7. The molecule has 0 bridgehead atoms. The van der Waals surface area contributed by atoms with Crippen molar-refractivity contribution in [3.05, 3.63) is 201 Å². The van der Waals surface area contributed by atoms with E-state index in [4.69, 9.17) is 74.5 Å². The van der Waals surface area contributed by atoms with E-state index in [1.165, 1.54) is 55.6 Å². The highest BCUT2D eigenvalue weighted by molar-refractivity contribution is 5.41. The number of nitrogen functional groups attached to an aromatic ring is 6. The monoisotopic (exact) mass is 1990 g/mol. The Hall–Kier alpha value is -17.6. The fraction of sp³-hybridized carbons (Fsp3) is 0.422. The molecule has 1 atom stereocenters. The Labute approximate surface area is 831 Å². The summed E-state index contributed by atoms with van der Waals surface area (Å²) in [5.74, 6) is 15.7. The number of nitrogens with zero attached hydrogens (tertiary/aromatic N) is 24. The number of ether oxygens (including phenoxy) is 1. The zero-order chi connectivity index (χ0) is 103. The maximum Gasteiger partial charge on any atom is 0.246 e. The smallest absolute Gasteiger partial charge is 0.246 e. The zero-order valence-electron chi connectivity index (χ0n) is 84.7. The molecule has 17 aromatic rings. The van der Waals surface area contributed by atoms with Gasteiger partial charge in [0.2, 0.25) is 107 Å². The highest BCUT2D eigenvalue weighted by Crippen LogP contribution is 2.23. The lowest BCUT2D eigenvalue weighted by Gasteiger charge is -2.13. The topological polar surface area (TPSA) is 736 Å². The van der Waals surface area contributed by atoms with Gasteiger partial charge >= 0.3 is 0 Å². The number of furan rings is 8. The van der Waals surface area contributed by atoms with Crippen LogP contribution in [0.5, 0.6) is 0 Å². The van der Waals surface area contributed by atoms with Crippen molar-refractivity contribution in [2.24, 2.45) is 5.92 Å². The summed E-state index contributed by atoms with van der Waals surface area (Å²) < 4.78 is 46.8. The number of aromatic nitrogens is 27. The second-order valence-corrected chi connectivity index (χ2v) is 33.7. The fourth-order valence-electron chi connectivity index (χ4n) is 13.1. The van der Waals surface area contributed by atoms with Crippen LogP contribution >= 0.6 is 0 Å². The molecule has 18 rings (SSSR count). The van der Waals surface area contributed by atoms with Crippen LogP contribution in [0.3, 0.4) is 0 Å². The van der Waals surface area contributed by atoms with E-state index in [2.05, 4.69) is 175 Å². The Kier molecular flexibility index (Phi) is 42.1. The summed E-state index contributed by atoms with van der Waals surface area (Å²) in [5.41, 5.74) is 45.7. The first-order valence-corrected chi connectivity index (χ1v) is 46.2. The molecule has 776 valence electrons. The predicted molar refractivity (Wildman–Crippen MR) is 553 cm³/mol. The van der Waals surface area contributed by atoms with Crippen LogP contribution in [-0.4, -0.2) is 266 Å². The van der Waals surface area contributed by atoms with Crippen LogP contribution in [0.1, 0.15) is 104 Å². The summed E-state index contributed by atoms with van der Waals surface area (Å²) in [6, 6.07) is 12.0. The predicted octanol–water partition coefficient (Wildman–Crippen LogP) is 9.81. The quantitative estimate of drug-likeness (QED) is 0.0170. The standard InChI is InChI=1S/3C11H17N5O.3C10H15N5O.C9H13N5O.C9H15N5O.C9H13N5O/c1-8-9(5-7-17-8)4-6-12-10-13-11(15-14-10)16(2)3;1-8-6-17-7-9(8)4-5-12-10-13-11(15-14-10)16(2)3;1-8-6-9(7-17-8)4-5-12-10-13-11(15-14-10)16(2)3;1-7-8(4-6-16-7)3-5-15(2)10-12-9(11)13-14-10;1-7-5-16-6-8(7)3-4-15(2)10-12-9(11)13-14-10;1-7-5-8(6-16-7)3-4-15(2)10-12-9(11)13-14-10;1-6-7(3-5-15-6)2-4-11-9-12-8(10)13-14-9;1-6-4-15-5-7(6)2-3-11-9-12-8(10)13-14-9;1-6-4-7(5-15-6)2-3-11-9-12-8(10)13-14-9/h5,7H,4,6H2,1-3H3,(H2,12,13,14,15);2*6-7H,4-5H2,1-3H3,(H2,12,13,14,15);4,6H,3,5H2,1-2H3,(H3,11,12,13,14);2*5-6H,3-4H2,1-2H3,(H3,11,12,13,14);3,5H,2,4H2,1H3,(H4,10,11,12,13,14);5-6H,2-4H2,1H3,(H4,10,11,12,13,14);4-5H,2-3H2,1H3,(H4,10,11,12,13,14). The number of nitrogens with two attached hydrogens (primary N) is 6. The number of hydrogen-bond acceptors (Lipinski definition) is 45. The average molecular weight is 1990 g/mol. The molecule has 144 heavy (non-hydrogen) atoms. The van der Waals surface area contributed by atoms with Gasteiger partial charge in [-0.2, -0.15) is 44.9 Å². The molecular formula is C90H137N45O9. The minimum absolute atomic E-state index is 0.316. The lowest BCUT2D eigenvalue weighted by molar-refractivity contribution is 0.255. The summed E-state index contributed by atoms with van der Waals surface area (Å²) in [5, 5.41) is 78.5. The van der Waals surface area contributed by atoms with Crippen molar-refractivity contribution in [3.8, 4) is 0 Å². The molecule has 54 heteroatoms. The second kappa shape index (κ2) is 55.9. The molecule has 0 saturated heterocycles. The molecule has 0 spiro atoms. The van der Waals surface area contributed by atoms with Crippen LogP contribution in [0.2, 0.25) is 0 Å². The molecule has 1 aliphatic heterocycles. The van der Waals surface area contributed by atoms with Gasteiger partial charge in [0, 0.05) is 128 Å². The first kappa shape index (κ1) is 108. The number of aryl methyl sites for hydroxylation is 8. The largest absolute Gasteiger partial charge is 0.501 e. The summed E-state index contributed by atoms with van der Waals surface area (Å²) in [6.45, 7) is 25.8. The van der Waals surface area contributed by atoms with Gasteiger partial charge in [0.15, 0.2) is 0 Å². The molecule has 27 N–H and O–H groups in total. The molecular weight excluding hydrogens is 1860 g/mol. The highest BCUT2D eigenvalue weighted by Gasteiger charge is 2.18. The Balaban J connectivity index is 0.000000166. The lowest BCUT2D eigenvalue weighted by Crippen LogP contribution is -2.21. The van der Waals surface area contributed by atoms with Gasteiger partial charge in [-0.25, -0.2) is 45.9 Å². The third-order valence-corrected chi connectivity index (χ3v) is 21.3. The highest BCUT2D eigenvalue weighted by atomic mass is 16.5. The van der Waals surface area contributed by atoms with Crippen LogP contribution in [0, 0.1) is 61.3 Å². The van der Waals surface area contributed by atoms with Crippen molar-refractivity contribution in [2.45, 2.75) is 120 Å². The fourth-order valence-corrected chi connectivity index (χ4v) is 13.1. The van der Waals surface area contributed by atoms with Crippen LogP contribution in [-0.2, 0) is 56.1 Å². The molecule has 0 aliphatic carbocycles. The van der Waals surface area contributed by atoms with Crippen molar-refractivity contribution >= 4 is 107 Å². The minimum Gasteiger partial charge on any atom is -0.501 e. The molecule has 0 amide bonds. The normalized spacial score (nSPS) is 11.5. The van der Waals surface area contributed by atoms with E-state index in [-0.39, 0.29) is 0 Å². The van der Waals surface area contributed by atoms with Crippen molar-refractivity contribution in [1.29, 1.82) is 0 Å². The molecule has 18 heterocycles. The number of rotatable bonds is 39. The molecule has 0 saturated carbocycles. The van der Waals surface area contributed by atoms with E-state index < -0.39 is 0 Å². The Morgan fingerprint density at radius 2 is 0.611 bits per heavy atom. The van der Waals surface area contributed by atoms with Gasteiger partial charge in [0.1, 0.15) is 34.6 Å². The van der Waals surface area contributed by atoms with Gasteiger partial charge in [-0.3, -0.25) is 0 Å². The Bertz CT molecular complexity index is 6220. The van der Waals surface area contributed by atoms with Crippen molar-refractivity contribution in [1.82, 2.24) is 137 Å². The number of aromatic amines is 9. The van der Waals surface area contributed by atoms with Gasteiger partial charge in [0.05, 0.1) is 75.5 Å². The molecule has 0 radical (unpaired) electrons. The maximum atomic E-state index is 5.46. The van der Waals surface area contributed by atoms with Crippen LogP contribution in [0.15, 0.2) is 146 Å². The van der Waals surface area contributed by atoms with Gasteiger partial charge in [-0.05, 0) is 211 Å². The average Bonchev–Trinajstić information content (AvgIpc) is 1.76.